The van der Waals surface area contributed by atoms with E-state index in [1.54, 1.807) is 0 Å². The van der Waals surface area contributed by atoms with Gasteiger partial charge in [-0.25, -0.2) is 0 Å². The van der Waals surface area contributed by atoms with E-state index in [-0.39, 0.29) is 0 Å². The molecule has 1 unspecified atom stereocenters. The summed E-state index contributed by atoms with van der Waals surface area (Å²) < 4.78 is 0. The molecule has 0 aliphatic heterocycles. The molecule has 2 nitrogen and oxygen atoms in total. The third-order valence-corrected chi connectivity index (χ3v) is 5.05. The zero-order valence-electron chi connectivity index (χ0n) is 12.7. The van der Waals surface area contributed by atoms with Crippen molar-refractivity contribution in [2.45, 2.75) is 44.8 Å². The Labute approximate surface area is 132 Å². The first-order valence-electron chi connectivity index (χ1n) is 7.39. The highest BCUT2D eigenvalue weighted by Crippen LogP contribution is 2.27. The number of rotatable bonds is 8. The maximum Gasteiger partial charge on any atom is 0.0471 e. The van der Waals surface area contributed by atoms with Gasteiger partial charge in [-0.3, -0.25) is 0 Å². The molecule has 112 valence electrons. The lowest BCUT2D eigenvalue weighted by Gasteiger charge is -2.29. The molecule has 0 bridgehead atoms. The number of hydrogen-bond acceptors (Lipinski definition) is 3. The molecule has 0 amide bonds. The molecule has 1 atom stereocenters. The van der Waals surface area contributed by atoms with E-state index in [4.69, 9.17) is 11.6 Å². The summed E-state index contributed by atoms with van der Waals surface area (Å²) in [7, 11) is 2.16. The van der Waals surface area contributed by atoms with Crippen LogP contribution in [-0.4, -0.2) is 31.1 Å². The molecule has 0 aromatic heterocycles. The Morgan fingerprint density at radius 2 is 2.20 bits per heavy atom. The maximum atomic E-state index is 6.43. The van der Waals surface area contributed by atoms with E-state index in [0.29, 0.717) is 6.04 Å². The molecule has 1 fully saturated rings. The molecule has 1 N–H and O–H groups in total. The van der Waals surface area contributed by atoms with Gasteiger partial charge in [0, 0.05) is 42.1 Å². The predicted octanol–water partition coefficient (Wildman–Crippen LogP) is 4.17. The molecule has 0 saturated heterocycles. The van der Waals surface area contributed by atoms with Gasteiger partial charge in [0.1, 0.15) is 0 Å². The molecule has 0 spiro atoms. The number of nitrogens with zero attached hydrogens (tertiary/aromatic N) is 1. The minimum absolute atomic E-state index is 0.566. The van der Waals surface area contributed by atoms with Crippen molar-refractivity contribution in [3.8, 4) is 0 Å². The first-order valence-corrected chi connectivity index (χ1v) is 9.16. The van der Waals surface area contributed by atoms with Crippen molar-refractivity contribution in [2.75, 3.05) is 24.0 Å². The summed E-state index contributed by atoms with van der Waals surface area (Å²) in [6.07, 6.45) is 5.94. The average molecular weight is 313 g/mol. The van der Waals surface area contributed by atoms with Crippen LogP contribution in [0.25, 0.3) is 0 Å². The second-order valence-corrected chi connectivity index (χ2v) is 6.88. The quantitative estimate of drug-likeness (QED) is 0.775. The standard InChI is InChI=1S/C16H25ClN2S/c1-4-14(11-20-3)19(2)15-8-5-12(16(17)9-15)10-18-13-6-7-13/h5,8-9,13-14,18H,4,6-7,10-11H2,1-3H3. The zero-order chi connectivity index (χ0) is 14.5. The molecule has 2 rings (SSSR count). The lowest BCUT2D eigenvalue weighted by molar-refractivity contribution is 0.671. The molecule has 1 aliphatic rings. The third kappa shape index (κ3) is 4.31. The molecule has 4 heteroatoms. The van der Waals surface area contributed by atoms with E-state index >= 15 is 0 Å². The molecular weight excluding hydrogens is 288 g/mol. The number of hydrogen-bond donors (Lipinski definition) is 1. The highest BCUT2D eigenvalue weighted by atomic mass is 35.5. The fourth-order valence-electron chi connectivity index (χ4n) is 2.35. The summed E-state index contributed by atoms with van der Waals surface area (Å²) in [6, 6.07) is 7.75. The Morgan fingerprint density at radius 1 is 1.45 bits per heavy atom. The fourth-order valence-corrected chi connectivity index (χ4v) is 3.43. The summed E-state index contributed by atoms with van der Waals surface area (Å²) in [6.45, 7) is 3.13. The largest absolute Gasteiger partial charge is 0.371 e. The number of nitrogens with one attached hydrogen (secondary N) is 1. The Hall–Kier alpha value is -0.380. The van der Waals surface area contributed by atoms with E-state index in [0.717, 1.165) is 29.8 Å². The van der Waals surface area contributed by atoms with Crippen LogP contribution in [-0.2, 0) is 6.54 Å². The van der Waals surface area contributed by atoms with Crippen LogP contribution in [0.1, 0.15) is 31.7 Å². The van der Waals surface area contributed by atoms with Crippen molar-refractivity contribution in [3.63, 3.8) is 0 Å². The van der Waals surface area contributed by atoms with Gasteiger partial charge in [-0.2, -0.15) is 11.8 Å². The Kier molecular flexibility index (Phi) is 6.06. The van der Waals surface area contributed by atoms with Gasteiger partial charge in [0.05, 0.1) is 0 Å². The number of anilines is 1. The van der Waals surface area contributed by atoms with Crippen LogP contribution in [0.15, 0.2) is 18.2 Å². The molecule has 0 heterocycles. The summed E-state index contributed by atoms with van der Waals surface area (Å²) in [5.74, 6) is 1.15. The molecule has 1 aromatic rings. The number of benzene rings is 1. The van der Waals surface area contributed by atoms with Crippen molar-refractivity contribution < 1.29 is 0 Å². The van der Waals surface area contributed by atoms with E-state index < -0.39 is 0 Å². The summed E-state index contributed by atoms with van der Waals surface area (Å²) in [5, 5.41) is 4.39. The highest BCUT2D eigenvalue weighted by molar-refractivity contribution is 7.98. The Morgan fingerprint density at radius 3 is 2.75 bits per heavy atom. The van der Waals surface area contributed by atoms with Crippen LogP contribution in [0, 0.1) is 0 Å². The van der Waals surface area contributed by atoms with Gasteiger partial charge in [0.25, 0.3) is 0 Å². The number of thioether (sulfide) groups is 1. The monoisotopic (exact) mass is 312 g/mol. The summed E-state index contributed by atoms with van der Waals surface area (Å²) >= 11 is 8.33. The van der Waals surface area contributed by atoms with Crippen molar-refractivity contribution >= 4 is 29.1 Å². The molecular formula is C16H25ClN2S. The summed E-state index contributed by atoms with van der Waals surface area (Å²) in [5.41, 5.74) is 2.42. The van der Waals surface area contributed by atoms with E-state index in [9.17, 15) is 0 Å². The fraction of sp³-hybridized carbons (Fsp3) is 0.625. The van der Waals surface area contributed by atoms with Crippen LogP contribution < -0.4 is 10.2 Å². The minimum Gasteiger partial charge on any atom is -0.371 e. The van der Waals surface area contributed by atoms with Gasteiger partial charge < -0.3 is 10.2 Å². The van der Waals surface area contributed by atoms with Crippen LogP contribution in [0.5, 0.6) is 0 Å². The van der Waals surface area contributed by atoms with Gasteiger partial charge >= 0.3 is 0 Å². The van der Waals surface area contributed by atoms with Gasteiger partial charge in [-0.1, -0.05) is 24.6 Å². The van der Waals surface area contributed by atoms with Gasteiger partial charge in [-0.15, -0.1) is 0 Å². The first-order chi connectivity index (χ1) is 9.65. The van der Waals surface area contributed by atoms with Crippen LogP contribution >= 0.6 is 23.4 Å². The molecule has 1 aromatic carbocycles. The maximum absolute atomic E-state index is 6.43. The average Bonchev–Trinajstić information content (AvgIpc) is 3.27. The SMILES string of the molecule is CCC(CSC)N(C)c1ccc(CNC2CC2)c(Cl)c1. The lowest BCUT2D eigenvalue weighted by atomic mass is 10.1. The Bertz CT molecular complexity index is 434. The van der Waals surface area contributed by atoms with Crippen molar-refractivity contribution in [1.29, 1.82) is 0 Å². The zero-order valence-corrected chi connectivity index (χ0v) is 14.2. The minimum atomic E-state index is 0.566. The highest BCUT2D eigenvalue weighted by Gasteiger charge is 2.20. The van der Waals surface area contributed by atoms with Crippen LogP contribution in [0.2, 0.25) is 5.02 Å². The lowest BCUT2D eigenvalue weighted by Crippen LogP contribution is -2.33. The van der Waals surface area contributed by atoms with Crippen LogP contribution in [0.4, 0.5) is 5.69 Å². The smallest absolute Gasteiger partial charge is 0.0471 e. The second-order valence-electron chi connectivity index (χ2n) is 5.56. The second kappa shape index (κ2) is 7.58. The first kappa shape index (κ1) is 16.0. The molecule has 20 heavy (non-hydrogen) atoms. The van der Waals surface area contributed by atoms with Crippen molar-refractivity contribution in [2.24, 2.45) is 0 Å². The topological polar surface area (TPSA) is 15.3 Å². The molecule has 1 saturated carbocycles. The van der Waals surface area contributed by atoms with E-state index in [1.807, 2.05) is 11.8 Å². The predicted molar refractivity (Wildman–Crippen MR) is 92.2 cm³/mol. The van der Waals surface area contributed by atoms with Crippen molar-refractivity contribution in [1.82, 2.24) is 5.32 Å². The van der Waals surface area contributed by atoms with Gasteiger partial charge in [0.15, 0.2) is 0 Å². The van der Waals surface area contributed by atoms with Crippen LogP contribution in [0.3, 0.4) is 0 Å². The van der Waals surface area contributed by atoms with Gasteiger partial charge in [-0.05, 0) is 43.2 Å². The molecule has 1 aliphatic carbocycles. The van der Waals surface area contributed by atoms with Crippen molar-refractivity contribution in [3.05, 3.63) is 28.8 Å². The molecule has 0 radical (unpaired) electrons. The number of halogens is 1. The van der Waals surface area contributed by atoms with E-state index in [2.05, 4.69) is 48.6 Å². The third-order valence-electron chi connectivity index (χ3n) is 3.98. The summed E-state index contributed by atoms with van der Waals surface area (Å²) in [4.78, 5) is 2.35. The van der Waals surface area contributed by atoms with E-state index in [1.165, 1.54) is 24.1 Å². The normalized spacial score (nSPS) is 16.2. The Balaban J connectivity index is 2.02. The van der Waals surface area contributed by atoms with Gasteiger partial charge in [0.2, 0.25) is 0 Å².